The van der Waals surface area contributed by atoms with Crippen molar-refractivity contribution in [1.29, 1.82) is 0 Å². The van der Waals surface area contributed by atoms with Gasteiger partial charge in [-0.2, -0.15) is 5.10 Å². The van der Waals surface area contributed by atoms with Crippen LogP contribution in [0.3, 0.4) is 0 Å². The summed E-state index contributed by atoms with van der Waals surface area (Å²) in [6, 6.07) is 7.50. The van der Waals surface area contributed by atoms with Gasteiger partial charge in [-0.3, -0.25) is 14.6 Å². The fourth-order valence-electron chi connectivity index (χ4n) is 3.55. The first-order valence-electron chi connectivity index (χ1n) is 8.81. The first-order chi connectivity index (χ1) is 13.5. The van der Waals surface area contributed by atoms with Crippen LogP contribution in [0.25, 0.3) is 10.9 Å². The lowest BCUT2D eigenvalue weighted by atomic mass is 9.95. The largest absolute Gasteiger partial charge is 0.506 e. The molecule has 1 amide bonds. The molecule has 28 heavy (non-hydrogen) atoms. The molecule has 0 aliphatic carbocycles. The van der Waals surface area contributed by atoms with Crippen LogP contribution in [0.5, 0.6) is 5.75 Å². The first kappa shape index (κ1) is 17.8. The highest BCUT2D eigenvalue weighted by Crippen LogP contribution is 2.35. The number of nitrogens with zero attached hydrogens (tertiary/aromatic N) is 3. The maximum atomic E-state index is 14.0. The number of aryl methyl sites for hydroxylation is 1. The minimum Gasteiger partial charge on any atom is -0.506 e. The Labute approximate surface area is 159 Å². The van der Waals surface area contributed by atoms with Crippen molar-refractivity contribution in [3.05, 3.63) is 69.5 Å². The number of amides is 1. The third-order valence-corrected chi connectivity index (χ3v) is 4.87. The number of carbonyl (C=O) groups excluding carboxylic acids is 1. The first-order valence-corrected chi connectivity index (χ1v) is 8.81. The number of hydrogen-bond acceptors (Lipinski definition) is 5. The van der Waals surface area contributed by atoms with Gasteiger partial charge in [0.1, 0.15) is 17.1 Å². The molecule has 2 aromatic heterocycles. The van der Waals surface area contributed by atoms with Crippen molar-refractivity contribution in [3.63, 3.8) is 0 Å². The lowest BCUT2D eigenvalue weighted by Gasteiger charge is -2.26. The van der Waals surface area contributed by atoms with Crippen molar-refractivity contribution in [1.82, 2.24) is 15.0 Å². The Morgan fingerprint density at radius 1 is 1.43 bits per heavy atom. The van der Waals surface area contributed by atoms with Crippen LogP contribution in [0.2, 0.25) is 0 Å². The molecule has 3 heterocycles. The van der Waals surface area contributed by atoms with E-state index in [2.05, 4.69) is 15.5 Å². The molecule has 1 atom stereocenters. The van der Waals surface area contributed by atoms with Crippen LogP contribution in [-0.2, 0) is 6.42 Å². The Bertz CT molecular complexity index is 1170. The Hall–Kier alpha value is -3.55. The Morgan fingerprint density at radius 2 is 2.25 bits per heavy atom. The molecule has 0 spiro atoms. The molecule has 0 saturated heterocycles. The summed E-state index contributed by atoms with van der Waals surface area (Å²) in [7, 11) is 0. The number of carbonyl (C=O) groups is 1. The molecule has 3 aromatic rings. The molecule has 8 heteroatoms. The van der Waals surface area contributed by atoms with E-state index in [0.29, 0.717) is 29.6 Å². The topological polar surface area (TPSA) is 96.6 Å². The van der Waals surface area contributed by atoms with E-state index < -0.39 is 28.6 Å². The molecule has 1 aliphatic heterocycles. The standard InChI is InChI=1S/C20H17FN4O3/c1-11-5-6-12-8-13(21)9-15-17(12)25(11)20(28)16(18(15)26)19(27)24-23-10-14-4-2-3-7-22-14/h2-4,7-11,26H,5-6H2,1H3,(H,24,27)/b23-10-/t11-/m1/s1. The summed E-state index contributed by atoms with van der Waals surface area (Å²) < 4.78 is 15.5. The normalized spacial score (nSPS) is 15.9. The van der Waals surface area contributed by atoms with E-state index in [9.17, 15) is 19.1 Å². The molecule has 0 unspecified atom stereocenters. The molecule has 0 bridgehead atoms. The highest BCUT2D eigenvalue weighted by atomic mass is 19.1. The average molecular weight is 380 g/mol. The number of benzene rings is 1. The van der Waals surface area contributed by atoms with Crippen LogP contribution in [0, 0.1) is 5.82 Å². The summed E-state index contributed by atoms with van der Waals surface area (Å²) in [6.07, 6.45) is 4.12. The van der Waals surface area contributed by atoms with Gasteiger partial charge in [0.15, 0.2) is 0 Å². The second-order valence-corrected chi connectivity index (χ2v) is 6.70. The van der Waals surface area contributed by atoms with Crippen molar-refractivity contribution in [2.75, 3.05) is 0 Å². The summed E-state index contributed by atoms with van der Waals surface area (Å²) in [4.78, 5) is 29.6. The highest BCUT2D eigenvalue weighted by Gasteiger charge is 2.28. The van der Waals surface area contributed by atoms with E-state index in [1.165, 1.54) is 16.8 Å². The SMILES string of the molecule is C[C@@H]1CCc2cc(F)cc3c(O)c(C(=O)N/N=C\c4ccccn4)c(=O)n1c23. The number of aromatic nitrogens is 2. The second-order valence-electron chi connectivity index (χ2n) is 6.70. The van der Waals surface area contributed by atoms with Crippen LogP contribution in [-0.4, -0.2) is 26.8 Å². The van der Waals surface area contributed by atoms with Crippen molar-refractivity contribution >= 4 is 23.0 Å². The maximum Gasteiger partial charge on any atom is 0.280 e. The summed E-state index contributed by atoms with van der Waals surface area (Å²) in [6.45, 7) is 1.85. The number of hydrazone groups is 1. The predicted molar refractivity (Wildman–Crippen MR) is 102 cm³/mol. The smallest absolute Gasteiger partial charge is 0.280 e. The number of pyridine rings is 2. The molecule has 2 N–H and O–H groups in total. The molecular formula is C20H17FN4O3. The van der Waals surface area contributed by atoms with Crippen molar-refractivity contribution < 1.29 is 14.3 Å². The summed E-state index contributed by atoms with van der Waals surface area (Å²) in [5, 5.41) is 14.5. The van der Waals surface area contributed by atoms with Gasteiger partial charge >= 0.3 is 0 Å². The van der Waals surface area contributed by atoms with E-state index in [0.717, 1.165) is 6.07 Å². The van der Waals surface area contributed by atoms with Gasteiger partial charge in [0.2, 0.25) is 0 Å². The third kappa shape index (κ3) is 2.92. The Kier molecular flexibility index (Phi) is 4.38. The van der Waals surface area contributed by atoms with Gasteiger partial charge in [-0.15, -0.1) is 0 Å². The van der Waals surface area contributed by atoms with Gasteiger partial charge in [0.25, 0.3) is 11.5 Å². The lowest BCUT2D eigenvalue weighted by Crippen LogP contribution is -2.34. The molecular weight excluding hydrogens is 363 g/mol. The van der Waals surface area contributed by atoms with Crippen molar-refractivity contribution in [2.45, 2.75) is 25.8 Å². The van der Waals surface area contributed by atoms with Gasteiger partial charge in [-0.1, -0.05) is 6.07 Å². The molecule has 0 fully saturated rings. The van der Waals surface area contributed by atoms with E-state index in [-0.39, 0.29) is 11.4 Å². The highest BCUT2D eigenvalue weighted by molar-refractivity contribution is 6.03. The third-order valence-electron chi connectivity index (χ3n) is 4.87. The van der Waals surface area contributed by atoms with Gasteiger partial charge in [-0.25, -0.2) is 9.82 Å². The van der Waals surface area contributed by atoms with Gasteiger partial charge in [0.05, 0.1) is 17.4 Å². The maximum absolute atomic E-state index is 14.0. The van der Waals surface area contributed by atoms with E-state index in [1.807, 2.05) is 6.92 Å². The van der Waals surface area contributed by atoms with Crippen LogP contribution in [0.4, 0.5) is 4.39 Å². The Morgan fingerprint density at radius 3 is 3.00 bits per heavy atom. The zero-order valence-electron chi connectivity index (χ0n) is 15.0. The van der Waals surface area contributed by atoms with E-state index in [4.69, 9.17) is 0 Å². The fraction of sp³-hybridized carbons (Fsp3) is 0.200. The molecule has 0 saturated carbocycles. The molecule has 7 nitrogen and oxygen atoms in total. The van der Waals surface area contributed by atoms with Crippen LogP contribution in [0.15, 0.2) is 46.4 Å². The van der Waals surface area contributed by atoms with E-state index >= 15 is 0 Å². The number of halogens is 1. The lowest BCUT2D eigenvalue weighted by molar-refractivity contribution is 0.0950. The minimum absolute atomic E-state index is 0.139. The zero-order chi connectivity index (χ0) is 19.8. The predicted octanol–water partition coefficient (Wildman–Crippen LogP) is 2.51. The average Bonchev–Trinajstić information content (AvgIpc) is 2.67. The summed E-state index contributed by atoms with van der Waals surface area (Å²) in [5.41, 5.74) is 2.76. The minimum atomic E-state index is -0.871. The van der Waals surface area contributed by atoms with Gasteiger partial charge in [-0.05, 0) is 49.6 Å². The molecule has 4 rings (SSSR count). The molecule has 142 valence electrons. The second kappa shape index (κ2) is 6.88. The van der Waals surface area contributed by atoms with Crippen molar-refractivity contribution in [3.8, 4) is 5.75 Å². The summed E-state index contributed by atoms with van der Waals surface area (Å²) >= 11 is 0. The van der Waals surface area contributed by atoms with Crippen LogP contribution >= 0.6 is 0 Å². The monoisotopic (exact) mass is 380 g/mol. The van der Waals surface area contributed by atoms with Crippen LogP contribution in [0.1, 0.15) is 41.0 Å². The quantitative estimate of drug-likeness (QED) is 0.539. The zero-order valence-corrected chi connectivity index (χ0v) is 15.0. The van der Waals surface area contributed by atoms with Gasteiger partial charge in [0, 0.05) is 17.6 Å². The molecule has 1 aromatic carbocycles. The molecule has 0 radical (unpaired) electrons. The molecule has 1 aliphatic rings. The van der Waals surface area contributed by atoms with E-state index in [1.54, 1.807) is 24.4 Å². The summed E-state index contributed by atoms with van der Waals surface area (Å²) in [5.74, 6) is -1.95. The number of nitrogens with one attached hydrogen (secondary N) is 1. The Balaban J connectivity index is 1.80. The number of rotatable bonds is 3. The van der Waals surface area contributed by atoms with Crippen LogP contribution < -0.4 is 11.0 Å². The fourth-order valence-corrected chi connectivity index (χ4v) is 3.55. The van der Waals surface area contributed by atoms with Crippen molar-refractivity contribution in [2.24, 2.45) is 5.10 Å². The number of aromatic hydroxyl groups is 1. The number of hydrogen-bond donors (Lipinski definition) is 2. The van der Waals surface area contributed by atoms with Gasteiger partial charge < -0.3 is 9.67 Å².